The first-order valence-electron chi connectivity index (χ1n) is 8.91. The molecule has 0 bridgehead atoms. The minimum atomic E-state index is -0.132. The summed E-state index contributed by atoms with van der Waals surface area (Å²) in [7, 11) is 0. The number of piperidine rings is 1. The van der Waals surface area contributed by atoms with Crippen molar-refractivity contribution >= 4 is 28.7 Å². The summed E-state index contributed by atoms with van der Waals surface area (Å²) in [5.74, 6) is -0.132. The van der Waals surface area contributed by atoms with E-state index in [1.165, 1.54) is 0 Å². The molecule has 8 nitrogen and oxygen atoms in total. The second-order valence-electron chi connectivity index (χ2n) is 6.56. The van der Waals surface area contributed by atoms with Crippen molar-refractivity contribution in [1.29, 1.82) is 0 Å². The molecular formula is C19H20N6O2. The molecule has 3 amide bonds. The number of amides is 3. The van der Waals surface area contributed by atoms with Gasteiger partial charge < -0.3 is 15.5 Å². The van der Waals surface area contributed by atoms with E-state index in [4.69, 9.17) is 0 Å². The molecule has 3 N–H and O–H groups in total. The molecule has 1 aliphatic heterocycles. The van der Waals surface area contributed by atoms with Gasteiger partial charge in [-0.2, -0.15) is 15.4 Å². The van der Waals surface area contributed by atoms with Gasteiger partial charge in [-0.25, -0.2) is 4.79 Å². The third-order valence-corrected chi connectivity index (χ3v) is 4.72. The predicted octanol–water partition coefficient (Wildman–Crippen LogP) is 2.38. The van der Waals surface area contributed by atoms with Crippen molar-refractivity contribution in [3.8, 4) is 0 Å². The van der Waals surface area contributed by atoms with E-state index in [9.17, 15) is 9.59 Å². The highest BCUT2D eigenvalue weighted by atomic mass is 16.2. The Kier molecular flexibility index (Phi) is 4.69. The van der Waals surface area contributed by atoms with Crippen LogP contribution in [0.3, 0.4) is 0 Å². The third kappa shape index (κ3) is 3.89. The number of aromatic nitrogens is 3. The largest absolute Gasteiger partial charge is 0.349 e. The first-order chi connectivity index (χ1) is 13.2. The van der Waals surface area contributed by atoms with Crippen molar-refractivity contribution in [3.63, 3.8) is 0 Å². The van der Waals surface area contributed by atoms with Gasteiger partial charge in [0.05, 0.1) is 0 Å². The highest BCUT2D eigenvalue weighted by molar-refractivity contribution is 5.97. The van der Waals surface area contributed by atoms with Crippen LogP contribution in [-0.4, -0.2) is 51.4 Å². The number of urea groups is 1. The fourth-order valence-corrected chi connectivity index (χ4v) is 3.20. The molecule has 27 heavy (non-hydrogen) atoms. The average molecular weight is 364 g/mol. The summed E-state index contributed by atoms with van der Waals surface area (Å²) in [6.07, 6.45) is 1.44. The zero-order valence-electron chi connectivity index (χ0n) is 14.7. The molecule has 1 fully saturated rings. The van der Waals surface area contributed by atoms with E-state index in [0.29, 0.717) is 24.2 Å². The molecule has 0 unspecified atom stereocenters. The summed E-state index contributed by atoms with van der Waals surface area (Å²) in [6, 6.07) is 14.6. The van der Waals surface area contributed by atoms with E-state index in [-0.39, 0.29) is 18.0 Å². The summed E-state index contributed by atoms with van der Waals surface area (Å²) < 4.78 is 0. The lowest BCUT2D eigenvalue weighted by Crippen LogP contribution is -2.47. The normalized spacial score (nSPS) is 14.9. The smallest absolute Gasteiger partial charge is 0.321 e. The van der Waals surface area contributed by atoms with Gasteiger partial charge in [-0.3, -0.25) is 4.79 Å². The number of fused-ring (bicyclic) bond motifs is 1. The maximum absolute atomic E-state index is 12.5. The number of rotatable bonds is 3. The topological polar surface area (TPSA) is 103 Å². The minimum absolute atomic E-state index is 0.0475. The van der Waals surface area contributed by atoms with Gasteiger partial charge in [0.25, 0.3) is 5.91 Å². The van der Waals surface area contributed by atoms with Crippen molar-refractivity contribution in [2.45, 2.75) is 18.9 Å². The van der Waals surface area contributed by atoms with Crippen LogP contribution in [-0.2, 0) is 0 Å². The monoisotopic (exact) mass is 364 g/mol. The summed E-state index contributed by atoms with van der Waals surface area (Å²) in [6.45, 7) is 1.21. The number of carbonyl (C=O) groups excluding carboxylic acids is 2. The van der Waals surface area contributed by atoms with E-state index in [2.05, 4.69) is 26.0 Å². The molecule has 0 spiro atoms. The van der Waals surface area contributed by atoms with Gasteiger partial charge >= 0.3 is 6.03 Å². The summed E-state index contributed by atoms with van der Waals surface area (Å²) >= 11 is 0. The summed E-state index contributed by atoms with van der Waals surface area (Å²) in [5, 5.41) is 16.5. The van der Waals surface area contributed by atoms with Crippen molar-refractivity contribution in [2.24, 2.45) is 0 Å². The van der Waals surface area contributed by atoms with Gasteiger partial charge in [-0.1, -0.05) is 18.2 Å². The number of aromatic amines is 1. The number of H-pyrrole nitrogens is 1. The van der Waals surface area contributed by atoms with Crippen molar-refractivity contribution < 1.29 is 9.59 Å². The van der Waals surface area contributed by atoms with Crippen LogP contribution in [0.4, 0.5) is 10.5 Å². The van der Waals surface area contributed by atoms with Crippen LogP contribution in [0.25, 0.3) is 11.0 Å². The van der Waals surface area contributed by atoms with Crippen LogP contribution in [0.5, 0.6) is 0 Å². The van der Waals surface area contributed by atoms with Gasteiger partial charge in [-0.05, 0) is 43.2 Å². The molecule has 2 aromatic carbocycles. The summed E-state index contributed by atoms with van der Waals surface area (Å²) in [5.41, 5.74) is 2.72. The molecule has 3 aromatic rings. The van der Waals surface area contributed by atoms with Crippen LogP contribution in [0.2, 0.25) is 0 Å². The molecule has 0 radical (unpaired) electrons. The van der Waals surface area contributed by atoms with Crippen molar-refractivity contribution in [3.05, 3.63) is 54.1 Å². The lowest BCUT2D eigenvalue weighted by molar-refractivity contribution is 0.0919. The second kappa shape index (κ2) is 7.45. The van der Waals surface area contributed by atoms with Crippen LogP contribution >= 0.6 is 0 Å². The van der Waals surface area contributed by atoms with Gasteiger partial charge in [0.1, 0.15) is 11.0 Å². The Morgan fingerprint density at radius 3 is 2.52 bits per heavy atom. The number of anilines is 1. The molecular weight excluding hydrogens is 344 g/mol. The Bertz CT molecular complexity index is 947. The molecule has 1 saturated heterocycles. The van der Waals surface area contributed by atoms with Crippen molar-refractivity contribution in [2.75, 3.05) is 18.4 Å². The van der Waals surface area contributed by atoms with Crippen LogP contribution in [0, 0.1) is 0 Å². The minimum Gasteiger partial charge on any atom is -0.349 e. The predicted molar refractivity (Wildman–Crippen MR) is 101 cm³/mol. The number of benzene rings is 2. The molecule has 4 rings (SSSR count). The van der Waals surface area contributed by atoms with Gasteiger partial charge in [0.15, 0.2) is 0 Å². The number of likely N-dealkylation sites (tertiary alicyclic amines) is 1. The van der Waals surface area contributed by atoms with E-state index in [0.717, 1.165) is 24.0 Å². The first-order valence-corrected chi connectivity index (χ1v) is 8.91. The summed E-state index contributed by atoms with van der Waals surface area (Å²) in [4.78, 5) is 26.6. The highest BCUT2D eigenvalue weighted by Crippen LogP contribution is 2.15. The quantitative estimate of drug-likeness (QED) is 0.664. The highest BCUT2D eigenvalue weighted by Gasteiger charge is 2.24. The molecule has 0 atom stereocenters. The zero-order chi connectivity index (χ0) is 18.6. The number of hydrogen-bond acceptors (Lipinski definition) is 4. The fourth-order valence-electron chi connectivity index (χ4n) is 3.20. The Morgan fingerprint density at radius 1 is 1.00 bits per heavy atom. The Hall–Kier alpha value is -3.42. The molecule has 0 aliphatic carbocycles. The zero-order valence-corrected chi connectivity index (χ0v) is 14.7. The molecule has 2 heterocycles. The Balaban J connectivity index is 1.30. The first kappa shape index (κ1) is 17.0. The van der Waals surface area contributed by atoms with E-state index in [1.54, 1.807) is 23.1 Å². The SMILES string of the molecule is O=C(NC1CCN(C(=O)Nc2ccccc2)CC1)c1ccc2n[nH]nc2c1. The number of para-hydroxylation sites is 1. The third-order valence-electron chi connectivity index (χ3n) is 4.72. The van der Waals surface area contributed by atoms with E-state index < -0.39 is 0 Å². The van der Waals surface area contributed by atoms with Crippen LogP contribution in [0.15, 0.2) is 48.5 Å². The maximum atomic E-state index is 12.5. The van der Waals surface area contributed by atoms with Gasteiger partial charge in [0.2, 0.25) is 0 Å². The Morgan fingerprint density at radius 2 is 1.74 bits per heavy atom. The van der Waals surface area contributed by atoms with E-state index in [1.807, 2.05) is 30.3 Å². The lowest BCUT2D eigenvalue weighted by Gasteiger charge is -2.32. The van der Waals surface area contributed by atoms with Gasteiger partial charge in [-0.15, -0.1) is 0 Å². The fraction of sp³-hybridized carbons (Fsp3) is 0.263. The van der Waals surface area contributed by atoms with Crippen molar-refractivity contribution in [1.82, 2.24) is 25.6 Å². The number of hydrogen-bond donors (Lipinski definition) is 3. The molecule has 1 aromatic heterocycles. The average Bonchev–Trinajstić information content (AvgIpc) is 3.17. The van der Waals surface area contributed by atoms with Crippen LogP contribution < -0.4 is 10.6 Å². The van der Waals surface area contributed by atoms with E-state index >= 15 is 0 Å². The molecule has 0 saturated carbocycles. The van der Waals surface area contributed by atoms with Crippen LogP contribution in [0.1, 0.15) is 23.2 Å². The second-order valence-corrected chi connectivity index (χ2v) is 6.56. The Labute approximate surface area is 155 Å². The lowest BCUT2D eigenvalue weighted by atomic mass is 10.0. The maximum Gasteiger partial charge on any atom is 0.321 e. The number of nitrogens with one attached hydrogen (secondary N) is 3. The molecule has 8 heteroatoms. The molecule has 1 aliphatic rings. The number of carbonyl (C=O) groups is 2. The van der Waals surface area contributed by atoms with Gasteiger partial charge in [0, 0.05) is 30.4 Å². The standard InChI is InChI=1S/C19H20N6O2/c26-18(13-6-7-16-17(12-13)23-24-22-16)20-15-8-10-25(11-9-15)19(27)21-14-4-2-1-3-5-14/h1-7,12,15H,8-11H2,(H,20,26)(H,21,27)(H,22,23,24). The number of nitrogens with zero attached hydrogens (tertiary/aromatic N) is 3. The molecule has 138 valence electrons.